The second kappa shape index (κ2) is 6.47. The molecule has 1 fully saturated rings. The number of nitrogens with zero attached hydrogens (tertiary/aromatic N) is 1. The zero-order chi connectivity index (χ0) is 15.5. The van der Waals surface area contributed by atoms with Gasteiger partial charge < -0.3 is 9.64 Å². The van der Waals surface area contributed by atoms with Crippen LogP contribution in [-0.2, 0) is 22.1 Å². The van der Waals surface area contributed by atoms with Gasteiger partial charge in [0.1, 0.15) is 0 Å². The van der Waals surface area contributed by atoms with Crippen molar-refractivity contribution >= 4 is 5.91 Å². The van der Waals surface area contributed by atoms with Crippen LogP contribution in [0.15, 0.2) is 24.3 Å². The van der Waals surface area contributed by atoms with Crippen LogP contribution >= 0.6 is 0 Å². The number of alkyl halides is 3. The third-order valence-corrected chi connectivity index (χ3v) is 3.64. The van der Waals surface area contributed by atoms with Crippen molar-refractivity contribution in [3.63, 3.8) is 0 Å². The first-order chi connectivity index (χ1) is 9.90. The summed E-state index contributed by atoms with van der Waals surface area (Å²) in [6.07, 6.45) is -3.45. The van der Waals surface area contributed by atoms with E-state index in [2.05, 4.69) is 0 Å². The van der Waals surface area contributed by atoms with Crippen LogP contribution < -0.4 is 0 Å². The Kier molecular flexibility index (Phi) is 4.88. The summed E-state index contributed by atoms with van der Waals surface area (Å²) in [7, 11) is 1.57. The molecule has 116 valence electrons. The Balaban J connectivity index is 1.98. The Morgan fingerprint density at radius 3 is 2.81 bits per heavy atom. The Bertz CT molecular complexity index is 502. The van der Waals surface area contributed by atoms with Gasteiger partial charge in [-0.1, -0.05) is 18.2 Å². The van der Waals surface area contributed by atoms with Gasteiger partial charge in [-0.3, -0.25) is 4.79 Å². The fourth-order valence-electron chi connectivity index (χ4n) is 2.62. The van der Waals surface area contributed by atoms with Crippen molar-refractivity contribution in [2.45, 2.75) is 19.0 Å². The molecule has 1 aliphatic rings. The molecule has 0 unspecified atom stereocenters. The number of rotatable bonds is 5. The zero-order valence-corrected chi connectivity index (χ0v) is 11.8. The maximum Gasteiger partial charge on any atom is 0.416 e. The van der Waals surface area contributed by atoms with Crippen molar-refractivity contribution in [1.29, 1.82) is 0 Å². The van der Waals surface area contributed by atoms with Crippen molar-refractivity contribution in [3.8, 4) is 0 Å². The van der Waals surface area contributed by atoms with Crippen LogP contribution in [-0.4, -0.2) is 37.6 Å². The number of amides is 1. The molecule has 1 saturated heterocycles. The average molecular weight is 301 g/mol. The minimum absolute atomic E-state index is 0.0454. The number of carbonyl (C=O) groups is 1. The Hall–Kier alpha value is -1.56. The van der Waals surface area contributed by atoms with Crippen molar-refractivity contribution in [2.75, 3.05) is 26.8 Å². The number of methoxy groups -OCH3 is 1. The lowest BCUT2D eigenvalue weighted by atomic mass is 9.97. The van der Waals surface area contributed by atoms with Crippen LogP contribution in [0.25, 0.3) is 0 Å². The number of halogens is 3. The standard InChI is InChI=1S/C15H18F3NO2/c1-21-6-5-19-10-12(9-14(19)20)7-11-3-2-4-13(8-11)15(16,17)18/h2-4,8,12H,5-7,9-10H2,1H3/t12-/m1/s1. The van der Waals surface area contributed by atoms with Gasteiger partial charge in [-0.15, -0.1) is 0 Å². The molecule has 0 spiro atoms. The molecule has 6 heteroatoms. The van der Waals surface area contributed by atoms with Crippen LogP contribution in [0.3, 0.4) is 0 Å². The number of benzene rings is 1. The number of hydrogen-bond acceptors (Lipinski definition) is 2. The topological polar surface area (TPSA) is 29.5 Å². The maximum absolute atomic E-state index is 12.7. The van der Waals surface area contributed by atoms with Gasteiger partial charge in [0.15, 0.2) is 0 Å². The highest BCUT2D eigenvalue weighted by atomic mass is 19.4. The SMILES string of the molecule is COCCN1C[C@H](Cc2cccc(C(F)(F)F)c2)CC1=O. The molecule has 3 nitrogen and oxygen atoms in total. The molecule has 1 aromatic rings. The third-order valence-electron chi connectivity index (χ3n) is 3.64. The van der Waals surface area contributed by atoms with E-state index in [0.717, 1.165) is 6.07 Å². The third kappa shape index (κ3) is 4.20. The van der Waals surface area contributed by atoms with Crippen LogP contribution in [0.2, 0.25) is 0 Å². The van der Waals surface area contributed by atoms with Gasteiger partial charge in [-0.2, -0.15) is 13.2 Å². The molecule has 0 saturated carbocycles. The van der Waals surface area contributed by atoms with Gasteiger partial charge in [-0.25, -0.2) is 0 Å². The van der Waals surface area contributed by atoms with E-state index < -0.39 is 11.7 Å². The second-order valence-electron chi connectivity index (χ2n) is 5.30. The molecule has 1 aromatic carbocycles. The van der Waals surface area contributed by atoms with Crippen molar-refractivity contribution in [2.24, 2.45) is 5.92 Å². The fraction of sp³-hybridized carbons (Fsp3) is 0.533. The second-order valence-corrected chi connectivity index (χ2v) is 5.30. The van der Waals surface area contributed by atoms with Crippen molar-refractivity contribution < 1.29 is 22.7 Å². The molecule has 0 aliphatic carbocycles. The monoisotopic (exact) mass is 301 g/mol. The van der Waals surface area contributed by atoms with E-state index in [1.807, 2.05) is 0 Å². The van der Waals surface area contributed by atoms with Gasteiger partial charge in [0.25, 0.3) is 0 Å². The molecule has 1 atom stereocenters. The first-order valence-electron chi connectivity index (χ1n) is 6.83. The summed E-state index contributed by atoms with van der Waals surface area (Å²) in [5.74, 6) is 0.113. The summed E-state index contributed by atoms with van der Waals surface area (Å²) in [5.41, 5.74) is -0.0169. The van der Waals surface area contributed by atoms with Crippen LogP contribution in [0.1, 0.15) is 17.5 Å². The predicted octanol–water partition coefficient (Wildman–Crippen LogP) is 2.74. The van der Waals surface area contributed by atoms with E-state index >= 15 is 0 Å². The quantitative estimate of drug-likeness (QED) is 0.837. The van der Waals surface area contributed by atoms with Gasteiger partial charge in [0.05, 0.1) is 12.2 Å². The van der Waals surface area contributed by atoms with Gasteiger partial charge in [0.2, 0.25) is 5.91 Å². The fourth-order valence-corrected chi connectivity index (χ4v) is 2.62. The first-order valence-corrected chi connectivity index (χ1v) is 6.83. The molecule has 0 N–H and O–H groups in total. The maximum atomic E-state index is 12.7. The van der Waals surface area contributed by atoms with Crippen molar-refractivity contribution in [3.05, 3.63) is 35.4 Å². The average Bonchev–Trinajstić information content (AvgIpc) is 2.76. The molecule has 2 rings (SSSR count). The Morgan fingerprint density at radius 2 is 2.14 bits per heavy atom. The molecular weight excluding hydrogens is 283 g/mol. The minimum atomic E-state index is -4.33. The highest BCUT2D eigenvalue weighted by Crippen LogP contribution is 2.30. The van der Waals surface area contributed by atoms with E-state index in [4.69, 9.17) is 4.74 Å². The lowest BCUT2D eigenvalue weighted by molar-refractivity contribution is -0.137. The van der Waals surface area contributed by atoms with Crippen molar-refractivity contribution in [1.82, 2.24) is 4.90 Å². The lowest BCUT2D eigenvalue weighted by Gasteiger charge is -2.16. The number of carbonyl (C=O) groups excluding carboxylic acids is 1. The normalized spacial score (nSPS) is 19.3. The van der Waals surface area contributed by atoms with E-state index in [1.165, 1.54) is 12.1 Å². The predicted molar refractivity (Wildman–Crippen MR) is 71.7 cm³/mol. The number of ether oxygens (including phenoxy) is 1. The molecule has 1 amide bonds. The van der Waals surface area contributed by atoms with Gasteiger partial charge >= 0.3 is 6.18 Å². The summed E-state index contributed by atoms with van der Waals surface area (Å²) in [5, 5.41) is 0. The molecule has 1 aliphatic heterocycles. The van der Waals surface area contributed by atoms with E-state index in [0.29, 0.717) is 38.1 Å². The molecule has 0 aromatic heterocycles. The Labute approximate surface area is 121 Å². The summed E-state index contributed by atoms with van der Waals surface area (Å²) >= 11 is 0. The van der Waals surface area contributed by atoms with Crippen LogP contribution in [0.5, 0.6) is 0 Å². The number of likely N-dealkylation sites (tertiary alicyclic amines) is 1. The molecular formula is C15H18F3NO2. The molecule has 0 radical (unpaired) electrons. The summed E-state index contributed by atoms with van der Waals surface area (Å²) in [6, 6.07) is 5.33. The Morgan fingerprint density at radius 1 is 1.38 bits per heavy atom. The van der Waals surface area contributed by atoms with E-state index in [1.54, 1.807) is 18.1 Å². The summed E-state index contributed by atoms with van der Waals surface area (Å²) < 4.78 is 42.9. The lowest BCUT2D eigenvalue weighted by Crippen LogP contribution is -2.28. The van der Waals surface area contributed by atoms with Crippen LogP contribution in [0, 0.1) is 5.92 Å². The highest BCUT2D eigenvalue weighted by molar-refractivity contribution is 5.78. The summed E-state index contributed by atoms with van der Waals surface area (Å²) in [4.78, 5) is 13.5. The van der Waals surface area contributed by atoms with Gasteiger partial charge in [0, 0.05) is 26.6 Å². The first kappa shape index (κ1) is 15.8. The van der Waals surface area contributed by atoms with Gasteiger partial charge in [-0.05, 0) is 24.0 Å². The zero-order valence-electron chi connectivity index (χ0n) is 11.8. The largest absolute Gasteiger partial charge is 0.416 e. The summed E-state index contributed by atoms with van der Waals surface area (Å²) in [6.45, 7) is 1.59. The van der Waals surface area contributed by atoms with Crippen LogP contribution in [0.4, 0.5) is 13.2 Å². The molecule has 0 bridgehead atoms. The highest BCUT2D eigenvalue weighted by Gasteiger charge is 2.32. The van der Waals surface area contributed by atoms with E-state index in [9.17, 15) is 18.0 Å². The molecule has 21 heavy (non-hydrogen) atoms. The smallest absolute Gasteiger partial charge is 0.383 e. The van der Waals surface area contributed by atoms with E-state index in [-0.39, 0.29) is 11.8 Å². The molecule has 1 heterocycles. The minimum Gasteiger partial charge on any atom is -0.383 e. The number of hydrogen-bond donors (Lipinski definition) is 0.